The normalized spacial score (nSPS) is 10.2. The van der Waals surface area contributed by atoms with Gasteiger partial charge in [0.05, 0.1) is 6.61 Å². The molecule has 0 amide bonds. The van der Waals surface area contributed by atoms with E-state index in [1.165, 1.54) is 0 Å². The Bertz CT molecular complexity index is 593. The van der Waals surface area contributed by atoms with E-state index < -0.39 is 0 Å². The number of rotatable bonds is 7. The largest absolute Gasteiger partial charge is 0.463 e. The summed E-state index contributed by atoms with van der Waals surface area (Å²) in [6, 6.07) is 7.64. The average molecular weight is 308 g/mol. The molecule has 7 heteroatoms. The molecule has 21 heavy (non-hydrogen) atoms. The Balaban J connectivity index is 2.22. The summed E-state index contributed by atoms with van der Waals surface area (Å²) in [5.41, 5.74) is 0.803. The third kappa shape index (κ3) is 4.75. The van der Waals surface area contributed by atoms with Crippen molar-refractivity contribution in [1.82, 2.24) is 15.0 Å². The minimum atomic E-state index is 0.298. The highest BCUT2D eigenvalue weighted by atomic mass is 35.5. The van der Waals surface area contributed by atoms with E-state index in [1.807, 2.05) is 26.0 Å². The maximum absolute atomic E-state index is 5.96. The fourth-order valence-electron chi connectivity index (χ4n) is 1.60. The Morgan fingerprint density at radius 2 is 1.95 bits per heavy atom. The Labute approximate surface area is 128 Å². The zero-order valence-electron chi connectivity index (χ0n) is 12.1. The third-order valence-corrected chi connectivity index (χ3v) is 2.70. The van der Waals surface area contributed by atoms with Crippen LogP contribution in [0.4, 0.5) is 17.6 Å². The van der Waals surface area contributed by atoms with Crippen molar-refractivity contribution in [2.75, 3.05) is 23.8 Å². The third-order valence-electron chi connectivity index (χ3n) is 2.47. The molecular weight excluding hydrogens is 290 g/mol. The molecule has 0 fully saturated rings. The van der Waals surface area contributed by atoms with Crippen LogP contribution in [0.1, 0.15) is 20.3 Å². The minimum absolute atomic E-state index is 0.298. The molecule has 0 aliphatic rings. The van der Waals surface area contributed by atoms with E-state index in [-0.39, 0.29) is 0 Å². The van der Waals surface area contributed by atoms with Crippen molar-refractivity contribution in [3.8, 4) is 6.01 Å². The quantitative estimate of drug-likeness (QED) is 0.816. The number of hydrogen-bond acceptors (Lipinski definition) is 6. The highest BCUT2D eigenvalue weighted by molar-refractivity contribution is 6.30. The maximum atomic E-state index is 5.96. The lowest BCUT2D eigenvalue weighted by molar-refractivity contribution is 0.292. The summed E-state index contributed by atoms with van der Waals surface area (Å²) in [4.78, 5) is 12.7. The van der Waals surface area contributed by atoms with Crippen molar-refractivity contribution < 1.29 is 4.74 Å². The van der Waals surface area contributed by atoms with Crippen molar-refractivity contribution in [2.24, 2.45) is 0 Å². The number of ether oxygens (including phenoxy) is 1. The van der Waals surface area contributed by atoms with Crippen molar-refractivity contribution in [2.45, 2.75) is 20.3 Å². The zero-order valence-corrected chi connectivity index (χ0v) is 12.8. The molecule has 0 bridgehead atoms. The summed E-state index contributed by atoms with van der Waals surface area (Å²) in [6.45, 7) is 5.28. The first-order chi connectivity index (χ1) is 10.2. The molecule has 0 unspecified atom stereocenters. The standard InChI is InChI=1S/C14H18ClN5O/c1-3-8-21-14-19-12(16-4-2)18-13(20-14)17-11-7-5-6-10(15)9-11/h5-7,9H,3-4,8H2,1-2H3,(H2,16,17,18,19,20). The number of aromatic nitrogens is 3. The van der Waals surface area contributed by atoms with Crippen LogP contribution in [0.15, 0.2) is 24.3 Å². The van der Waals surface area contributed by atoms with Crippen LogP contribution in [0.2, 0.25) is 5.02 Å². The first-order valence-corrected chi connectivity index (χ1v) is 7.24. The molecule has 0 saturated heterocycles. The number of nitrogens with one attached hydrogen (secondary N) is 2. The molecule has 0 radical (unpaired) electrons. The Morgan fingerprint density at radius 1 is 1.14 bits per heavy atom. The molecule has 6 nitrogen and oxygen atoms in total. The molecule has 1 heterocycles. The fourth-order valence-corrected chi connectivity index (χ4v) is 1.79. The highest BCUT2D eigenvalue weighted by Gasteiger charge is 2.07. The second-order valence-electron chi connectivity index (χ2n) is 4.28. The van der Waals surface area contributed by atoms with Gasteiger partial charge in [-0.1, -0.05) is 24.6 Å². The van der Waals surface area contributed by atoms with Crippen LogP contribution < -0.4 is 15.4 Å². The second kappa shape index (κ2) is 7.64. The summed E-state index contributed by atoms with van der Waals surface area (Å²) >= 11 is 5.96. The summed E-state index contributed by atoms with van der Waals surface area (Å²) in [5.74, 6) is 0.887. The van der Waals surface area contributed by atoms with Crippen LogP contribution in [0.3, 0.4) is 0 Å². The first kappa shape index (κ1) is 15.3. The number of benzene rings is 1. The van der Waals surface area contributed by atoms with E-state index in [9.17, 15) is 0 Å². The van der Waals surface area contributed by atoms with Gasteiger partial charge in [-0.2, -0.15) is 15.0 Å². The summed E-state index contributed by atoms with van der Waals surface area (Å²) < 4.78 is 5.48. The number of anilines is 3. The SMILES string of the molecule is CCCOc1nc(NCC)nc(Nc2cccc(Cl)c2)n1. The van der Waals surface area contributed by atoms with Gasteiger partial charge in [0.15, 0.2) is 0 Å². The summed E-state index contributed by atoms with van der Waals surface area (Å²) in [7, 11) is 0. The van der Waals surface area contributed by atoms with E-state index in [2.05, 4.69) is 25.6 Å². The number of hydrogen-bond donors (Lipinski definition) is 2. The highest BCUT2D eigenvalue weighted by Crippen LogP contribution is 2.19. The molecule has 2 aromatic rings. The van der Waals surface area contributed by atoms with Crippen LogP contribution in [-0.4, -0.2) is 28.1 Å². The molecule has 1 aromatic heterocycles. The molecule has 0 aliphatic carbocycles. The van der Waals surface area contributed by atoms with Crippen molar-refractivity contribution in [1.29, 1.82) is 0 Å². The summed E-state index contributed by atoms with van der Waals surface area (Å²) in [5, 5.41) is 6.79. The van der Waals surface area contributed by atoms with Crippen LogP contribution in [0, 0.1) is 0 Å². The molecule has 2 N–H and O–H groups in total. The van der Waals surface area contributed by atoms with E-state index >= 15 is 0 Å². The molecule has 0 aliphatic heterocycles. The van der Waals surface area contributed by atoms with Crippen LogP contribution in [0.25, 0.3) is 0 Å². The predicted octanol–water partition coefficient (Wildman–Crippen LogP) is 3.49. The predicted molar refractivity (Wildman–Crippen MR) is 84.5 cm³/mol. The van der Waals surface area contributed by atoms with Gasteiger partial charge in [-0.15, -0.1) is 0 Å². The lowest BCUT2D eigenvalue weighted by Crippen LogP contribution is -2.09. The van der Waals surface area contributed by atoms with Gasteiger partial charge in [-0.25, -0.2) is 0 Å². The molecule has 1 aromatic carbocycles. The van der Waals surface area contributed by atoms with Gasteiger partial charge in [0.25, 0.3) is 0 Å². The van der Waals surface area contributed by atoms with Crippen molar-refractivity contribution in [3.63, 3.8) is 0 Å². The lowest BCUT2D eigenvalue weighted by Gasteiger charge is -2.10. The van der Waals surface area contributed by atoms with E-state index in [0.717, 1.165) is 12.1 Å². The van der Waals surface area contributed by atoms with E-state index in [0.29, 0.717) is 36.1 Å². The zero-order chi connectivity index (χ0) is 15.1. The number of halogens is 1. The van der Waals surface area contributed by atoms with Gasteiger partial charge < -0.3 is 15.4 Å². The molecule has 0 atom stereocenters. The van der Waals surface area contributed by atoms with E-state index in [4.69, 9.17) is 16.3 Å². The van der Waals surface area contributed by atoms with Crippen LogP contribution in [-0.2, 0) is 0 Å². The Morgan fingerprint density at radius 3 is 2.67 bits per heavy atom. The molecule has 0 spiro atoms. The lowest BCUT2D eigenvalue weighted by atomic mass is 10.3. The Kier molecular flexibility index (Phi) is 5.57. The Hall–Kier alpha value is -2.08. The molecule has 0 saturated carbocycles. The maximum Gasteiger partial charge on any atom is 0.323 e. The van der Waals surface area contributed by atoms with Gasteiger partial charge in [0.1, 0.15) is 0 Å². The van der Waals surface area contributed by atoms with E-state index in [1.54, 1.807) is 12.1 Å². The molecule has 2 rings (SSSR count). The number of nitrogens with zero attached hydrogens (tertiary/aromatic N) is 3. The van der Waals surface area contributed by atoms with Crippen LogP contribution in [0.5, 0.6) is 6.01 Å². The smallest absolute Gasteiger partial charge is 0.323 e. The second-order valence-corrected chi connectivity index (χ2v) is 4.72. The van der Waals surface area contributed by atoms with Gasteiger partial charge in [0, 0.05) is 17.3 Å². The molecule has 112 valence electrons. The monoisotopic (exact) mass is 307 g/mol. The average Bonchev–Trinajstić information content (AvgIpc) is 2.45. The van der Waals surface area contributed by atoms with Gasteiger partial charge in [-0.05, 0) is 31.5 Å². The van der Waals surface area contributed by atoms with Gasteiger partial charge in [-0.3, -0.25) is 0 Å². The minimum Gasteiger partial charge on any atom is -0.463 e. The first-order valence-electron chi connectivity index (χ1n) is 6.86. The van der Waals surface area contributed by atoms with Crippen molar-refractivity contribution >= 4 is 29.2 Å². The van der Waals surface area contributed by atoms with Gasteiger partial charge in [0.2, 0.25) is 11.9 Å². The fraction of sp³-hybridized carbons (Fsp3) is 0.357. The van der Waals surface area contributed by atoms with Crippen molar-refractivity contribution in [3.05, 3.63) is 29.3 Å². The van der Waals surface area contributed by atoms with Crippen LogP contribution >= 0.6 is 11.6 Å². The van der Waals surface area contributed by atoms with Gasteiger partial charge >= 0.3 is 6.01 Å². The topological polar surface area (TPSA) is 72.0 Å². The molecular formula is C14H18ClN5O. The summed E-state index contributed by atoms with van der Waals surface area (Å²) in [6.07, 6.45) is 0.888.